The average molecular weight is 692 g/mol. The van der Waals surface area contributed by atoms with Gasteiger partial charge in [-0.05, 0) is 54.3 Å². The van der Waals surface area contributed by atoms with Crippen molar-refractivity contribution in [3.63, 3.8) is 0 Å². The van der Waals surface area contributed by atoms with E-state index in [1.807, 2.05) is 18.2 Å². The molecule has 0 N–H and O–H groups in total. The predicted octanol–water partition coefficient (Wildman–Crippen LogP) is 13.7. The van der Waals surface area contributed by atoms with E-state index in [2.05, 4.69) is 54.0 Å². The van der Waals surface area contributed by atoms with Crippen LogP contribution in [0.5, 0.6) is 11.5 Å². The van der Waals surface area contributed by atoms with Gasteiger partial charge in [-0.2, -0.15) is 0 Å². The zero-order valence-corrected chi connectivity index (χ0v) is 30.6. The van der Waals surface area contributed by atoms with Crippen LogP contribution < -0.4 is 9.47 Å². The first-order chi connectivity index (χ1) is 21.1. The lowest BCUT2D eigenvalue weighted by atomic mass is 10.1. The SMILES string of the molecule is CCCCCCCCCCCCOc1ccc(C(S)=C(S)c2ccc(Br)cc2)cc1OCCCCCCCCCCCC. The molecular weight excluding hydrogens is 632 g/mol. The summed E-state index contributed by atoms with van der Waals surface area (Å²) in [6.45, 7) is 6.00. The van der Waals surface area contributed by atoms with Crippen LogP contribution in [0.4, 0.5) is 0 Å². The molecule has 2 rings (SSSR count). The highest BCUT2D eigenvalue weighted by Gasteiger charge is 2.12. The summed E-state index contributed by atoms with van der Waals surface area (Å²) < 4.78 is 13.6. The Morgan fingerprint density at radius 2 is 0.860 bits per heavy atom. The second kappa shape index (κ2) is 25.2. The summed E-state index contributed by atoms with van der Waals surface area (Å²) in [6, 6.07) is 14.3. The van der Waals surface area contributed by atoms with Crippen LogP contribution >= 0.6 is 41.2 Å². The van der Waals surface area contributed by atoms with Crippen LogP contribution in [0.15, 0.2) is 46.9 Å². The van der Waals surface area contributed by atoms with Gasteiger partial charge in [0, 0.05) is 14.3 Å². The Bertz CT molecular complexity index is 1010. The molecule has 2 aromatic rings. The van der Waals surface area contributed by atoms with E-state index in [0.717, 1.165) is 56.4 Å². The number of halogens is 1. The van der Waals surface area contributed by atoms with E-state index in [9.17, 15) is 0 Å². The molecule has 0 bridgehead atoms. The molecule has 0 unspecified atom stereocenters. The summed E-state index contributed by atoms with van der Waals surface area (Å²) in [6.07, 6.45) is 26.4. The molecule has 0 heterocycles. The Kier molecular flexibility index (Phi) is 22.3. The third-order valence-electron chi connectivity index (χ3n) is 8.07. The van der Waals surface area contributed by atoms with Crippen molar-refractivity contribution in [1.82, 2.24) is 0 Å². The third kappa shape index (κ3) is 17.3. The molecule has 0 aliphatic heterocycles. The van der Waals surface area contributed by atoms with E-state index >= 15 is 0 Å². The second-order valence-electron chi connectivity index (χ2n) is 11.9. The molecule has 2 aromatic carbocycles. The highest BCUT2D eigenvalue weighted by atomic mass is 79.9. The average Bonchev–Trinajstić information content (AvgIpc) is 3.02. The van der Waals surface area contributed by atoms with Gasteiger partial charge in [0.1, 0.15) is 0 Å². The Labute approximate surface area is 284 Å². The van der Waals surface area contributed by atoms with Crippen LogP contribution in [0.1, 0.15) is 153 Å². The quantitative estimate of drug-likeness (QED) is 0.0581. The molecule has 0 saturated heterocycles. The fraction of sp³-hybridized carbons (Fsp3) is 0.632. The molecule has 0 atom stereocenters. The van der Waals surface area contributed by atoms with Gasteiger partial charge in [0.05, 0.1) is 13.2 Å². The smallest absolute Gasteiger partial charge is 0.161 e. The standard InChI is InChI=1S/C38H59BrO2S2/c1-3-5-7-9-11-13-15-17-19-21-29-40-35-28-25-33(38(43)37(42)32-23-26-34(39)27-24-32)31-36(35)41-30-22-20-18-16-14-12-10-8-6-4-2/h23-28,31,42-43H,3-22,29-30H2,1-2H3. The van der Waals surface area contributed by atoms with Crippen LogP contribution in [0.25, 0.3) is 9.81 Å². The monoisotopic (exact) mass is 690 g/mol. The zero-order chi connectivity index (χ0) is 31.0. The molecule has 2 nitrogen and oxygen atoms in total. The largest absolute Gasteiger partial charge is 0.490 e. The van der Waals surface area contributed by atoms with E-state index in [-0.39, 0.29) is 0 Å². The maximum Gasteiger partial charge on any atom is 0.161 e. The van der Waals surface area contributed by atoms with Gasteiger partial charge < -0.3 is 9.47 Å². The molecule has 0 amide bonds. The minimum atomic E-state index is 0.709. The molecule has 43 heavy (non-hydrogen) atoms. The fourth-order valence-electron chi connectivity index (χ4n) is 5.31. The molecule has 0 radical (unpaired) electrons. The number of hydrogen-bond acceptors (Lipinski definition) is 4. The summed E-state index contributed by atoms with van der Waals surface area (Å²) >= 11 is 13.2. The Hall–Kier alpha value is -1.04. The molecule has 0 aliphatic carbocycles. The van der Waals surface area contributed by atoms with Gasteiger partial charge in [0.25, 0.3) is 0 Å². The number of rotatable bonds is 26. The Morgan fingerprint density at radius 3 is 1.33 bits per heavy atom. The molecule has 0 fully saturated rings. The lowest BCUT2D eigenvalue weighted by molar-refractivity contribution is 0.258. The van der Waals surface area contributed by atoms with Crippen molar-refractivity contribution >= 4 is 51.0 Å². The van der Waals surface area contributed by atoms with Crippen molar-refractivity contribution < 1.29 is 9.47 Å². The number of ether oxygens (including phenoxy) is 2. The first kappa shape index (κ1) is 38.1. The molecule has 0 aromatic heterocycles. The molecule has 0 aliphatic rings. The van der Waals surface area contributed by atoms with Crippen LogP contribution in [-0.2, 0) is 0 Å². The van der Waals surface area contributed by atoms with Gasteiger partial charge in [0.2, 0.25) is 0 Å². The first-order valence-electron chi connectivity index (χ1n) is 17.3. The minimum Gasteiger partial charge on any atom is -0.490 e. The predicted molar refractivity (Wildman–Crippen MR) is 200 cm³/mol. The maximum atomic E-state index is 6.34. The summed E-state index contributed by atoms with van der Waals surface area (Å²) in [5.41, 5.74) is 2.02. The van der Waals surface area contributed by atoms with Crippen molar-refractivity contribution in [1.29, 1.82) is 0 Å². The van der Waals surface area contributed by atoms with Crippen molar-refractivity contribution in [3.8, 4) is 11.5 Å². The highest BCUT2D eigenvalue weighted by Crippen LogP contribution is 2.37. The molecule has 0 spiro atoms. The van der Waals surface area contributed by atoms with Gasteiger partial charge in [-0.1, -0.05) is 157 Å². The van der Waals surface area contributed by atoms with Crippen molar-refractivity contribution in [2.24, 2.45) is 0 Å². The molecule has 242 valence electrons. The van der Waals surface area contributed by atoms with Gasteiger partial charge in [-0.3, -0.25) is 0 Å². The third-order valence-corrected chi connectivity index (χ3v) is 9.74. The van der Waals surface area contributed by atoms with E-state index < -0.39 is 0 Å². The number of hydrogen-bond donors (Lipinski definition) is 2. The van der Waals surface area contributed by atoms with E-state index in [4.69, 9.17) is 34.7 Å². The van der Waals surface area contributed by atoms with Crippen molar-refractivity contribution in [2.75, 3.05) is 13.2 Å². The first-order valence-corrected chi connectivity index (χ1v) is 19.0. The summed E-state index contributed by atoms with van der Waals surface area (Å²) in [7, 11) is 0. The van der Waals surface area contributed by atoms with E-state index in [1.54, 1.807) is 0 Å². The van der Waals surface area contributed by atoms with E-state index in [0.29, 0.717) is 6.61 Å². The Morgan fingerprint density at radius 1 is 0.488 bits per heavy atom. The molecule has 5 heteroatoms. The maximum absolute atomic E-state index is 6.34. The highest BCUT2D eigenvalue weighted by molar-refractivity contribution is 9.10. The molecular formula is C38H59BrO2S2. The summed E-state index contributed by atoms with van der Waals surface area (Å²) in [5.74, 6) is 1.64. The van der Waals surface area contributed by atoms with Crippen LogP contribution in [0.2, 0.25) is 0 Å². The number of thiol groups is 2. The van der Waals surface area contributed by atoms with Crippen molar-refractivity contribution in [2.45, 2.75) is 142 Å². The van der Waals surface area contributed by atoms with Gasteiger partial charge in [-0.25, -0.2) is 0 Å². The van der Waals surface area contributed by atoms with Crippen molar-refractivity contribution in [3.05, 3.63) is 58.1 Å². The van der Waals surface area contributed by atoms with Gasteiger partial charge >= 0.3 is 0 Å². The molecule has 0 saturated carbocycles. The normalized spacial score (nSPS) is 11.9. The summed E-state index contributed by atoms with van der Waals surface area (Å²) in [4.78, 5) is 1.67. The Balaban J connectivity index is 1.87. The van der Waals surface area contributed by atoms with Crippen LogP contribution in [-0.4, -0.2) is 13.2 Å². The van der Waals surface area contributed by atoms with Crippen LogP contribution in [0.3, 0.4) is 0 Å². The zero-order valence-electron chi connectivity index (χ0n) is 27.2. The lowest BCUT2D eigenvalue weighted by Gasteiger charge is -2.15. The van der Waals surface area contributed by atoms with E-state index in [1.165, 1.54) is 116 Å². The fourth-order valence-corrected chi connectivity index (χ4v) is 6.12. The second-order valence-corrected chi connectivity index (χ2v) is 13.7. The minimum absolute atomic E-state index is 0.709. The number of unbranched alkanes of at least 4 members (excludes halogenated alkanes) is 18. The van der Waals surface area contributed by atoms with Gasteiger partial charge in [-0.15, -0.1) is 25.3 Å². The lowest BCUT2D eigenvalue weighted by Crippen LogP contribution is -2.03. The topological polar surface area (TPSA) is 18.5 Å². The summed E-state index contributed by atoms with van der Waals surface area (Å²) in [5, 5.41) is 0. The van der Waals surface area contributed by atoms with Gasteiger partial charge in [0.15, 0.2) is 11.5 Å². The number of benzene rings is 2. The van der Waals surface area contributed by atoms with Crippen LogP contribution in [0, 0.1) is 0 Å².